The summed E-state index contributed by atoms with van der Waals surface area (Å²) in [7, 11) is 0. The van der Waals surface area contributed by atoms with E-state index >= 15 is 0 Å². The number of aromatic nitrogens is 3. The van der Waals surface area contributed by atoms with Gasteiger partial charge in [-0.2, -0.15) is 5.10 Å². The second-order valence-electron chi connectivity index (χ2n) is 5.74. The predicted molar refractivity (Wildman–Crippen MR) is 81.0 cm³/mol. The standard InChI is InChI=1S/C15H22N4O2/c1-10(2)9-19-14-12(8-17-19)6-13(7-16-14)15(21)18-11(3)4-5-20/h6-8,10-11,20H,4-5,9H2,1-3H3,(H,18,21)/t11-/m1/s1. The summed E-state index contributed by atoms with van der Waals surface area (Å²) in [6, 6.07) is 1.73. The normalized spacial score (nSPS) is 12.8. The van der Waals surface area contributed by atoms with E-state index in [2.05, 4.69) is 29.2 Å². The van der Waals surface area contributed by atoms with Crippen molar-refractivity contribution >= 4 is 16.9 Å². The van der Waals surface area contributed by atoms with Crippen LogP contribution in [0.3, 0.4) is 0 Å². The van der Waals surface area contributed by atoms with E-state index in [1.165, 1.54) is 0 Å². The molecule has 2 N–H and O–H groups in total. The molecule has 0 bridgehead atoms. The average Bonchev–Trinajstić information content (AvgIpc) is 2.80. The number of fused-ring (bicyclic) bond motifs is 1. The van der Waals surface area contributed by atoms with Crippen molar-refractivity contribution in [1.29, 1.82) is 0 Å². The van der Waals surface area contributed by atoms with Crippen molar-refractivity contribution in [2.75, 3.05) is 6.61 Å². The fourth-order valence-electron chi connectivity index (χ4n) is 2.15. The predicted octanol–water partition coefficient (Wildman–Crippen LogP) is 1.59. The zero-order valence-electron chi connectivity index (χ0n) is 12.7. The molecule has 6 heteroatoms. The Morgan fingerprint density at radius 3 is 2.81 bits per heavy atom. The highest BCUT2D eigenvalue weighted by atomic mass is 16.3. The molecule has 114 valence electrons. The Labute approximate surface area is 124 Å². The molecule has 0 saturated heterocycles. The molecule has 0 aromatic carbocycles. The summed E-state index contributed by atoms with van der Waals surface area (Å²) in [6.07, 6.45) is 3.84. The summed E-state index contributed by atoms with van der Waals surface area (Å²) in [5, 5.41) is 16.9. The highest BCUT2D eigenvalue weighted by Gasteiger charge is 2.12. The van der Waals surface area contributed by atoms with Crippen LogP contribution in [0.1, 0.15) is 37.6 Å². The van der Waals surface area contributed by atoms with Gasteiger partial charge in [-0.1, -0.05) is 13.8 Å². The number of aliphatic hydroxyl groups excluding tert-OH is 1. The van der Waals surface area contributed by atoms with Crippen LogP contribution in [0, 0.1) is 5.92 Å². The third kappa shape index (κ3) is 3.78. The Balaban J connectivity index is 2.17. The fraction of sp³-hybridized carbons (Fsp3) is 0.533. The summed E-state index contributed by atoms with van der Waals surface area (Å²) in [5.74, 6) is 0.305. The van der Waals surface area contributed by atoms with Gasteiger partial charge in [-0.05, 0) is 25.3 Å². The third-order valence-corrected chi connectivity index (χ3v) is 3.22. The van der Waals surface area contributed by atoms with Crippen molar-refractivity contribution < 1.29 is 9.90 Å². The maximum atomic E-state index is 12.1. The number of hydrogen-bond acceptors (Lipinski definition) is 4. The van der Waals surface area contributed by atoms with Gasteiger partial charge in [0.05, 0.1) is 11.8 Å². The van der Waals surface area contributed by atoms with E-state index in [1.807, 2.05) is 11.6 Å². The molecule has 2 rings (SSSR count). The summed E-state index contributed by atoms with van der Waals surface area (Å²) in [4.78, 5) is 16.5. The van der Waals surface area contributed by atoms with Crippen molar-refractivity contribution in [3.05, 3.63) is 24.0 Å². The first-order valence-corrected chi connectivity index (χ1v) is 7.24. The molecule has 0 aliphatic carbocycles. The second-order valence-corrected chi connectivity index (χ2v) is 5.74. The first kappa shape index (κ1) is 15.4. The van der Waals surface area contributed by atoms with Crippen LogP contribution in [0.15, 0.2) is 18.5 Å². The lowest BCUT2D eigenvalue weighted by Gasteiger charge is -2.12. The highest BCUT2D eigenvalue weighted by Crippen LogP contribution is 2.14. The van der Waals surface area contributed by atoms with Crippen molar-refractivity contribution in [3.63, 3.8) is 0 Å². The Bertz CT molecular complexity index is 621. The molecule has 1 atom stereocenters. The lowest BCUT2D eigenvalue weighted by atomic mass is 10.2. The van der Waals surface area contributed by atoms with Crippen molar-refractivity contribution in [2.24, 2.45) is 5.92 Å². The molecule has 2 aromatic rings. The van der Waals surface area contributed by atoms with E-state index < -0.39 is 0 Å². The molecule has 0 unspecified atom stereocenters. The Morgan fingerprint density at radius 1 is 1.38 bits per heavy atom. The number of carbonyl (C=O) groups excluding carboxylic acids is 1. The summed E-state index contributed by atoms with van der Waals surface area (Å²) in [6.45, 7) is 6.97. The van der Waals surface area contributed by atoms with Crippen LogP contribution in [0.4, 0.5) is 0 Å². The van der Waals surface area contributed by atoms with Crippen molar-refractivity contribution in [3.8, 4) is 0 Å². The van der Waals surface area contributed by atoms with Gasteiger partial charge in [0, 0.05) is 30.8 Å². The number of hydrogen-bond donors (Lipinski definition) is 2. The number of carbonyl (C=O) groups is 1. The minimum Gasteiger partial charge on any atom is -0.396 e. The summed E-state index contributed by atoms with van der Waals surface area (Å²) < 4.78 is 1.86. The zero-order valence-corrected chi connectivity index (χ0v) is 12.7. The fourth-order valence-corrected chi connectivity index (χ4v) is 2.15. The van der Waals surface area contributed by atoms with Gasteiger partial charge in [-0.25, -0.2) is 9.67 Å². The molecular formula is C15H22N4O2. The van der Waals surface area contributed by atoms with E-state index in [1.54, 1.807) is 18.5 Å². The first-order chi connectivity index (χ1) is 10.0. The minimum atomic E-state index is -0.179. The quantitative estimate of drug-likeness (QED) is 0.846. The number of pyridine rings is 1. The van der Waals surface area contributed by atoms with Crippen molar-refractivity contribution in [2.45, 2.75) is 39.8 Å². The topological polar surface area (TPSA) is 80.0 Å². The molecule has 21 heavy (non-hydrogen) atoms. The second kappa shape index (κ2) is 6.67. The smallest absolute Gasteiger partial charge is 0.253 e. The van der Waals surface area contributed by atoms with Gasteiger partial charge >= 0.3 is 0 Å². The number of nitrogens with zero attached hydrogens (tertiary/aromatic N) is 3. The number of aliphatic hydroxyl groups is 1. The maximum Gasteiger partial charge on any atom is 0.253 e. The summed E-state index contributed by atoms with van der Waals surface area (Å²) in [5.41, 5.74) is 1.31. The van der Waals surface area contributed by atoms with Gasteiger partial charge in [-0.15, -0.1) is 0 Å². The SMILES string of the molecule is CC(C)Cn1ncc2cc(C(=O)N[C@H](C)CCO)cnc21. The van der Waals surface area contributed by atoms with E-state index in [0.29, 0.717) is 17.9 Å². The van der Waals surface area contributed by atoms with Crippen LogP contribution in [0.2, 0.25) is 0 Å². The molecule has 0 aliphatic rings. The Kier molecular flexibility index (Phi) is 4.90. The molecular weight excluding hydrogens is 268 g/mol. The highest BCUT2D eigenvalue weighted by molar-refractivity contribution is 5.96. The number of amides is 1. The van der Waals surface area contributed by atoms with Crippen molar-refractivity contribution in [1.82, 2.24) is 20.1 Å². The van der Waals surface area contributed by atoms with Gasteiger partial charge in [0.25, 0.3) is 5.91 Å². The van der Waals surface area contributed by atoms with Gasteiger partial charge < -0.3 is 10.4 Å². The molecule has 0 fully saturated rings. The van der Waals surface area contributed by atoms with E-state index in [0.717, 1.165) is 17.6 Å². The van der Waals surface area contributed by atoms with E-state index in [4.69, 9.17) is 5.11 Å². The number of nitrogens with one attached hydrogen (secondary N) is 1. The van der Waals surface area contributed by atoms with Gasteiger partial charge in [-0.3, -0.25) is 4.79 Å². The minimum absolute atomic E-state index is 0.0563. The molecule has 0 saturated carbocycles. The Hall–Kier alpha value is -1.95. The van der Waals surface area contributed by atoms with Crippen LogP contribution in [-0.4, -0.2) is 38.4 Å². The average molecular weight is 290 g/mol. The van der Waals surface area contributed by atoms with E-state index in [-0.39, 0.29) is 18.6 Å². The molecule has 6 nitrogen and oxygen atoms in total. The molecule has 2 aromatic heterocycles. The summed E-state index contributed by atoms with van der Waals surface area (Å²) >= 11 is 0. The molecule has 0 radical (unpaired) electrons. The van der Waals surface area contributed by atoms with E-state index in [9.17, 15) is 4.79 Å². The number of rotatable bonds is 6. The lowest BCUT2D eigenvalue weighted by Crippen LogP contribution is -2.33. The molecule has 0 spiro atoms. The van der Waals surface area contributed by atoms with Crippen LogP contribution in [0.25, 0.3) is 11.0 Å². The van der Waals surface area contributed by atoms with Crippen LogP contribution in [-0.2, 0) is 6.54 Å². The molecule has 1 amide bonds. The van der Waals surface area contributed by atoms with Gasteiger partial charge in [0.1, 0.15) is 0 Å². The lowest BCUT2D eigenvalue weighted by molar-refractivity contribution is 0.0934. The molecule has 2 heterocycles. The van der Waals surface area contributed by atoms with Crippen LogP contribution in [0.5, 0.6) is 0 Å². The van der Waals surface area contributed by atoms with Gasteiger partial charge in [0.2, 0.25) is 0 Å². The Morgan fingerprint density at radius 2 is 2.14 bits per heavy atom. The largest absolute Gasteiger partial charge is 0.396 e. The van der Waals surface area contributed by atoms with Crippen LogP contribution < -0.4 is 5.32 Å². The third-order valence-electron chi connectivity index (χ3n) is 3.22. The first-order valence-electron chi connectivity index (χ1n) is 7.24. The maximum absolute atomic E-state index is 12.1. The monoisotopic (exact) mass is 290 g/mol. The van der Waals surface area contributed by atoms with Crippen LogP contribution >= 0.6 is 0 Å². The van der Waals surface area contributed by atoms with Gasteiger partial charge in [0.15, 0.2) is 5.65 Å². The zero-order chi connectivity index (χ0) is 15.4. The molecule has 0 aliphatic heterocycles.